The van der Waals surface area contributed by atoms with Crippen molar-refractivity contribution in [2.75, 3.05) is 25.2 Å². The number of anilines is 1. The second-order valence-corrected chi connectivity index (χ2v) is 5.91. The number of ether oxygens (including phenoxy) is 2. The van der Waals surface area contributed by atoms with Gasteiger partial charge in [-0.15, -0.1) is 5.10 Å². The van der Waals surface area contributed by atoms with E-state index < -0.39 is 0 Å². The molecule has 25 heavy (non-hydrogen) atoms. The Morgan fingerprint density at radius 3 is 2.76 bits per heavy atom. The third-order valence-electron chi connectivity index (χ3n) is 4.28. The normalized spacial score (nSPS) is 17.0. The van der Waals surface area contributed by atoms with Gasteiger partial charge in [0.05, 0.1) is 32.1 Å². The summed E-state index contributed by atoms with van der Waals surface area (Å²) in [5.41, 5.74) is 3.00. The Bertz CT molecular complexity index is 834. The lowest BCUT2D eigenvalue weighted by atomic mass is 10.2. The van der Waals surface area contributed by atoms with E-state index in [4.69, 9.17) is 9.47 Å². The monoisotopic (exact) mass is 336 g/mol. The van der Waals surface area contributed by atoms with Crippen molar-refractivity contribution in [3.63, 3.8) is 0 Å². The second kappa shape index (κ2) is 6.94. The number of nitrogens with zero attached hydrogens (tertiary/aromatic N) is 4. The first-order chi connectivity index (χ1) is 12.3. The summed E-state index contributed by atoms with van der Waals surface area (Å²) in [5.74, 6) is 0.828. The van der Waals surface area contributed by atoms with E-state index in [1.165, 1.54) is 5.56 Å². The van der Waals surface area contributed by atoms with Crippen molar-refractivity contribution in [2.24, 2.45) is 0 Å². The predicted molar refractivity (Wildman–Crippen MR) is 94.6 cm³/mol. The number of benzene rings is 2. The van der Waals surface area contributed by atoms with Crippen molar-refractivity contribution < 1.29 is 9.47 Å². The van der Waals surface area contributed by atoms with Gasteiger partial charge in [-0.3, -0.25) is 0 Å². The van der Waals surface area contributed by atoms with Gasteiger partial charge < -0.3 is 14.4 Å². The molecular weight excluding hydrogens is 316 g/mol. The number of para-hydroxylation sites is 2. The van der Waals surface area contributed by atoms with E-state index in [-0.39, 0.29) is 6.23 Å². The van der Waals surface area contributed by atoms with Crippen molar-refractivity contribution in [3.05, 3.63) is 72.1 Å². The summed E-state index contributed by atoms with van der Waals surface area (Å²) in [6, 6.07) is 18.2. The highest BCUT2D eigenvalue weighted by Crippen LogP contribution is 2.36. The van der Waals surface area contributed by atoms with Crippen molar-refractivity contribution >= 4 is 5.69 Å². The topological polar surface area (TPSA) is 52.4 Å². The van der Waals surface area contributed by atoms with Crippen LogP contribution in [0.4, 0.5) is 5.69 Å². The first kappa shape index (κ1) is 15.7. The van der Waals surface area contributed by atoms with Crippen LogP contribution in [0.1, 0.15) is 17.5 Å². The first-order valence-electron chi connectivity index (χ1n) is 8.30. The van der Waals surface area contributed by atoms with E-state index in [2.05, 4.69) is 27.3 Å². The van der Waals surface area contributed by atoms with Gasteiger partial charge in [0.25, 0.3) is 0 Å². The van der Waals surface area contributed by atoms with E-state index >= 15 is 0 Å². The van der Waals surface area contributed by atoms with Crippen molar-refractivity contribution in [3.8, 4) is 5.75 Å². The molecule has 128 valence electrons. The maximum absolute atomic E-state index is 5.92. The molecule has 1 aromatic heterocycles. The molecule has 0 N–H and O–H groups in total. The molecule has 3 aromatic rings. The molecule has 1 unspecified atom stereocenters. The summed E-state index contributed by atoms with van der Waals surface area (Å²) >= 11 is 0. The standard InChI is InChI=1S/C19H20N4O2/c1-24-18-10-6-5-9-17(18)23-11-12-25-19(23)16-14-22(21-20-16)13-15-7-3-2-4-8-15/h2-10,14,19H,11-13H2,1H3. The molecule has 1 fully saturated rings. The summed E-state index contributed by atoms with van der Waals surface area (Å²) in [4.78, 5) is 2.16. The van der Waals surface area contributed by atoms with E-state index in [9.17, 15) is 0 Å². The van der Waals surface area contributed by atoms with E-state index in [1.54, 1.807) is 7.11 Å². The van der Waals surface area contributed by atoms with Gasteiger partial charge in [-0.2, -0.15) is 0 Å². The van der Waals surface area contributed by atoms with Crippen molar-refractivity contribution in [2.45, 2.75) is 12.8 Å². The SMILES string of the molecule is COc1ccccc1N1CCOC1c1cn(Cc2ccccc2)nn1. The molecule has 4 rings (SSSR count). The quantitative estimate of drug-likeness (QED) is 0.717. The van der Waals surface area contributed by atoms with Gasteiger partial charge in [-0.05, 0) is 17.7 Å². The molecule has 0 radical (unpaired) electrons. The van der Waals surface area contributed by atoms with E-state index in [0.717, 1.165) is 23.7 Å². The fraction of sp³-hybridized carbons (Fsp3) is 0.263. The Morgan fingerprint density at radius 2 is 1.92 bits per heavy atom. The maximum atomic E-state index is 5.92. The Kier molecular flexibility index (Phi) is 4.35. The Morgan fingerprint density at radius 1 is 1.12 bits per heavy atom. The number of hydrogen-bond acceptors (Lipinski definition) is 5. The van der Waals surface area contributed by atoms with Crippen LogP contribution in [0.25, 0.3) is 0 Å². The minimum atomic E-state index is -0.249. The lowest BCUT2D eigenvalue weighted by Gasteiger charge is -2.25. The van der Waals surface area contributed by atoms with Crippen LogP contribution in [0.3, 0.4) is 0 Å². The zero-order chi connectivity index (χ0) is 17.1. The van der Waals surface area contributed by atoms with Crippen LogP contribution in [0, 0.1) is 0 Å². The minimum absolute atomic E-state index is 0.249. The van der Waals surface area contributed by atoms with Gasteiger partial charge in [0.2, 0.25) is 0 Å². The predicted octanol–water partition coefficient (Wildman–Crippen LogP) is 2.87. The van der Waals surface area contributed by atoms with Gasteiger partial charge in [0.15, 0.2) is 6.23 Å². The Hall–Kier alpha value is -2.86. The number of rotatable bonds is 5. The first-order valence-corrected chi connectivity index (χ1v) is 8.30. The molecule has 6 heteroatoms. The smallest absolute Gasteiger partial charge is 0.177 e. The summed E-state index contributed by atoms with van der Waals surface area (Å²) in [7, 11) is 1.68. The van der Waals surface area contributed by atoms with Gasteiger partial charge in [-0.1, -0.05) is 47.7 Å². The molecule has 1 saturated heterocycles. The molecule has 1 aliphatic heterocycles. The number of methoxy groups -OCH3 is 1. The van der Waals surface area contributed by atoms with Crippen molar-refractivity contribution in [1.29, 1.82) is 0 Å². The van der Waals surface area contributed by atoms with E-state index in [1.807, 2.05) is 53.3 Å². The molecule has 0 saturated carbocycles. The Balaban J connectivity index is 1.57. The van der Waals surface area contributed by atoms with Crippen LogP contribution in [-0.4, -0.2) is 35.3 Å². The van der Waals surface area contributed by atoms with Gasteiger partial charge in [-0.25, -0.2) is 4.68 Å². The van der Waals surface area contributed by atoms with Gasteiger partial charge in [0.1, 0.15) is 11.4 Å². The van der Waals surface area contributed by atoms with Crippen LogP contribution in [-0.2, 0) is 11.3 Å². The molecule has 2 heterocycles. The Labute approximate surface area is 146 Å². The fourth-order valence-electron chi connectivity index (χ4n) is 3.10. The second-order valence-electron chi connectivity index (χ2n) is 5.91. The van der Waals surface area contributed by atoms with Crippen molar-refractivity contribution in [1.82, 2.24) is 15.0 Å². The highest BCUT2D eigenvalue weighted by molar-refractivity contribution is 5.59. The molecule has 2 aromatic carbocycles. The zero-order valence-electron chi connectivity index (χ0n) is 14.1. The zero-order valence-corrected chi connectivity index (χ0v) is 14.1. The summed E-state index contributed by atoms with van der Waals surface area (Å²) in [6.07, 6.45) is 1.70. The molecule has 6 nitrogen and oxygen atoms in total. The minimum Gasteiger partial charge on any atom is -0.495 e. The fourth-order valence-corrected chi connectivity index (χ4v) is 3.10. The molecule has 0 amide bonds. The highest BCUT2D eigenvalue weighted by atomic mass is 16.5. The molecule has 1 aliphatic rings. The molecule has 1 atom stereocenters. The average molecular weight is 336 g/mol. The van der Waals surface area contributed by atoms with Crippen LogP contribution >= 0.6 is 0 Å². The average Bonchev–Trinajstić information content (AvgIpc) is 3.31. The van der Waals surface area contributed by atoms with Crippen LogP contribution < -0.4 is 9.64 Å². The third-order valence-corrected chi connectivity index (χ3v) is 4.28. The van der Waals surface area contributed by atoms with Gasteiger partial charge >= 0.3 is 0 Å². The summed E-state index contributed by atoms with van der Waals surface area (Å²) < 4.78 is 13.3. The summed E-state index contributed by atoms with van der Waals surface area (Å²) in [5, 5.41) is 8.59. The maximum Gasteiger partial charge on any atom is 0.177 e. The molecule has 0 aliphatic carbocycles. The number of hydrogen-bond donors (Lipinski definition) is 0. The summed E-state index contributed by atoms with van der Waals surface area (Å²) in [6.45, 7) is 2.13. The lowest BCUT2D eigenvalue weighted by Crippen LogP contribution is -2.24. The third kappa shape index (κ3) is 3.21. The number of aromatic nitrogens is 3. The lowest BCUT2D eigenvalue weighted by molar-refractivity contribution is 0.110. The van der Waals surface area contributed by atoms with Gasteiger partial charge in [0, 0.05) is 6.54 Å². The largest absolute Gasteiger partial charge is 0.495 e. The van der Waals surface area contributed by atoms with Crippen LogP contribution in [0.5, 0.6) is 5.75 Å². The van der Waals surface area contributed by atoms with E-state index in [0.29, 0.717) is 13.2 Å². The van der Waals surface area contributed by atoms with Crippen LogP contribution in [0.2, 0.25) is 0 Å². The van der Waals surface area contributed by atoms with Crippen LogP contribution in [0.15, 0.2) is 60.8 Å². The molecular formula is C19H20N4O2. The highest BCUT2D eigenvalue weighted by Gasteiger charge is 2.31. The molecule has 0 spiro atoms. The molecule has 0 bridgehead atoms.